The molecule has 2 atom stereocenters. The van der Waals surface area contributed by atoms with Crippen molar-refractivity contribution in [2.45, 2.75) is 58.1 Å². The summed E-state index contributed by atoms with van der Waals surface area (Å²) in [6.07, 6.45) is 2.66. The van der Waals surface area contributed by atoms with Gasteiger partial charge in [0.15, 0.2) is 0 Å². The van der Waals surface area contributed by atoms with Crippen LogP contribution in [-0.2, 0) is 16.0 Å². The van der Waals surface area contributed by atoms with Gasteiger partial charge in [0.05, 0.1) is 29.3 Å². The van der Waals surface area contributed by atoms with Gasteiger partial charge in [-0.3, -0.25) is 4.79 Å². The standard InChI is InChI=1S/C14H22N2O2S/c1-9(2)14-16-11(8-19-14)7-13(17)15-10(3)12-5-4-6-18-12/h8-10,12H,4-7H2,1-3H3,(H,15,17)/t10-,12-/m0/s1. The summed E-state index contributed by atoms with van der Waals surface area (Å²) >= 11 is 1.63. The van der Waals surface area contributed by atoms with E-state index in [0.29, 0.717) is 12.3 Å². The summed E-state index contributed by atoms with van der Waals surface area (Å²) in [6, 6.07) is 0.0817. The van der Waals surface area contributed by atoms with Crippen LogP contribution < -0.4 is 5.32 Å². The van der Waals surface area contributed by atoms with Gasteiger partial charge in [-0.05, 0) is 19.8 Å². The Hall–Kier alpha value is -0.940. The highest BCUT2D eigenvalue weighted by Crippen LogP contribution is 2.19. The first-order valence-corrected chi connectivity index (χ1v) is 7.79. The lowest BCUT2D eigenvalue weighted by Gasteiger charge is -2.19. The van der Waals surface area contributed by atoms with Crippen molar-refractivity contribution >= 4 is 17.2 Å². The van der Waals surface area contributed by atoms with Crippen LogP contribution in [0.25, 0.3) is 0 Å². The molecule has 19 heavy (non-hydrogen) atoms. The highest BCUT2D eigenvalue weighted by molar-refractivity contribution is 7.09. The Morgan fingerprint density at radius 1 is 1.58 bits per heavy atom. The van der Waals surface area contributed by atoms with E-state index in [1.54, 1.807) is 11.3 Å². The van der Waals surface area contributed by atoms with Gasteiger partial charge in [0.2, 0.25) is 5.91 Å². The lowest BCUT2D eigenvalue weighted by molar-refractivity contribution is -0.121. The van der Waals surface area contributed by atoms with E-state index in [1.807, 2.05) is 12.3 Å². The van der Waals surface area contributed by atoms with E-state index in [9.17, 15) is 4.79 Å². The molecule has 1 fully saturated rings. The molecule has 0 aliphatic carbocycles. The minimum Gasteiger partial charge on any atom is -0.376 e. The van der Waals surface area contributed by atoms with Gasteiger partial charge in [-0.15, -0.1) is 11.3 Å². The largest absolute Gasteiger partial charge is 0.376 e. The molecule has 1 saturated heterocycles. The van der Waals surface area contributed by atoms with Gasteiger partial charge in [0.25, 0.3) is 0 Å². The minimum absolute atomic E-state index is 0.0311. The number of nitrogens with zero attached hydrogens (tertiary/aromatic N) is 1. The molecule has 1 aromatic rings. The summed E-state index contributed by atoms with van der Waals surface area (Å²) in [5, 5.41) is 6.08. The van der Waals surface area contributed by atoms with Gasteiger partial charge in [0.1, 0.15) is 0 Å². The van der Waals surface area contributed by atoms with E-state index in [2.05, 4.69) is 24.1 Å². The monoisotopic (exact) mass is 282 g/mol. The predicted molar refractivity (Wildman–Crippen MR) is 76.5 cm³/mol. The zero-order valence-electron chi connectivity index (χ0n) is 11.8. The Kier molecular flexibility index (Phi) is 4.93. The molecule has 0 radical (unpaired) electrons. The first-order chi connectivity index (χ1) is 9.06. The molecule has 0 unspecified atom stereocenters. The average molecular weight is 282 g/mol. The molecular weight excluding hydrogens is 260 g/mol. The second-order valence-electron chi connectivity index (χ2n) is 5.42. The number of amides is 1. The summed E-state index contributed by atoms with van der Waals surface area (Å²) < 4.78 is 5.57. The van der Waals surface area contributed by atoms with Crippen molar-refractivity contribution in [3.63, 3.8) is 0 Å². The molecule has 0 saturated carbocycles. The molecule has 0 aromatic carbocycles. The Morgan fingerprint density at radius 2 is 2.37 bits per heavy atom. The maximum Gasteiger partial charge on any atom is 0.226 e. The number of hydrogen-bond acceptors (Lipinski definition) is 4. The zero-order valence-corrected chi connectivity index (χ0v) is 12.6. The Balaban J connectivity index is 1.82. The van der Waals surface area contributed by atoms with E-state index in [1.165, 1.54) is 0 Å². The van der Waals surface area contributed by atoms with Crippen LogP contribution in [0, 0.1) is 0 Å². The van der Waals surface area contributed by atoms with Crippen molar-refractivity contribution < 1.29 is 9.53 Å². The summed E-state index contributed by atoms with van der Waals surface area (Å²) in [7, 11) is 0. The maximum atomic E-state index is 12.0. The fourth-order valence-electron chi connectivity index (χ4n) is 2.23. The zero-order chi connectivity index (χ0) is 13.8. The second-order valence-corrected chi connectivity index (χ2v) is 6.31. The van der Waals surface area contributed by atoms with E-state index in [0.717, 1.165) is 30.2 Å². The average Bonchev–Trinajstić information content (AvgIpc) is 2.98. The van der Waals surface area contributed by atoms with E-state index >= 15 is 0 Å². The SMILES string of the molecule is CC(C)c1nc(CC(=O)N[C@@H](C)[C@@H]2CCCO2)cs1. The number of thiazole rings is 1. The first kappa shape index (κ1) is 14.5. The van der Waals surface area contributed by atoms with Crippen molar-refractivity contribution in [2.24, 2.45) is 0 Å². The molecule has 1 amide bonds. The maximum absolute atomic E-state index is 12.0. The second kappa shape index (κ2) is 6.48. The number of carbonyl (C=O) groups excluding carboxylic acids is 1. The minimum atomic E-state index is 0.0311. The van der Waals surface area contributed by atoms with Gasteiger partial charge in [-0.1, -0.05) is 13.8 Å². The third-order valence-electron chi connectivity index (χ3n) is 3.32. The lowest BCUT2D eigenvalue weighted by atomic mass is 10.1. The normalized spacial score (nSPS) is 20.7. The highest BCUT2D eigenvalue weighted by atomic mass is 32.1. The van der Waals surface area contributed by atoms with Crippen LogP contribution in [0.4, 0.5) is 0 Å². The third-order valence-corrected chi connectivity index (χ3v) is 4.51. The number of nitrogens with one attached hydrogen (secondary N) is 1. The first-order valence-electron chi connectivity index (χ1n) is 6.91. The van der Waals surface area contributed by atoms with Crippen LogP contribution in [0.15, 0.2) is 5.38 Å². The van der Waals surface area contributed by atoms with Gasteiger partial charge in [-0.2, -0.15) is 0 Å². The molecule has 2 rings (SSSR count). The number of rotatable bonds is 5. The molecular formula is C14H22N2O2S. The number of ether oxygens (including phenoxy) is 1. The summed E-state index contributed by atoms with van der Waals surface area (Å²) in [6.45, 7) is 7.05. The molecule has 4 nitrogen and oxygen atoms in total. The predicted octanol–water partition coefficient (Wildman–Crippen LogP) is 2.49. The van der Waals surface area contributed by atoms with Crippen LogP contribution in [-0.4, -0.2) is 29.6 Å². The smallest absolute Gasteiger partial charge is 0.226 e. The molecule has 0 bridgehead atoms. The van der Waals surface area contributed by atoms with Crippen molar-refractivity contribution in [2.75, 3.05) is 6.61 Å². The van der Waals surface area contributed by atoms with E-state index < -0.39 is 0 Å². The third kappa shape index (κ3) is 4.01. The molecule has 2 heterocycles. The van der Waals surface area contributed by atoms with Crippen LogP contribution in [0.5, 0.6) is 0 Å². The Morgan fingerprint density at radius 3 is 2.95 bits per heavy atom. The number of hydrogen-bond donors (Lipinski definition) is 1. The molecule has 1 N–H and O–H groups in total. The highest BCUT2D eigenvalue weighted by Gasteiger charge is 2.23. The van der Waals surface area contributed by atoms with Gasteiger partial charge in [0, 0.05) is 17.9 Å². The fraction of sp³-hybridized carbons (Fsp3) is 0.714. The van der Waals surface area contributed by atoms with Crippen LogP contribution in [0.3, 0.4) is 0 Å². The van der Waals surface area contributed by atoms with E-state index in [4.69, 9.17) is 4.74 Å². The number of carbonyl (C=O) groups is 1. The summed E-state index contributed by atoms with van der Waals surface area (Å²) in [5.74, 6) is 0.455. The van der Waals surface area contributed by atoms with Crippen LogP contribution in [0.1, 0.15) is 50.2 Å². The topological polar surface area (TPSA) is 51.2 Å². The van der Waals surface area contributed by atoms with Gasteiger partial charge < -0.3 is 10.1 Å². The Labute approximate surface area is 118 Å². The van der Waals surface area contributed by atoms with Gasteiger partial charge in [-0.25, -0.2) is 4.98 Å². The van der Waals surface area contributed by atoms with Crippen molar-refractivity contribution in [3.8, 4) is 0 Å². The quantitative estimate of drug-likeness (QED) is 0.902. The molecule has 5 heteroatoms. The number of aromatic nitrogens is 1. The van der Waals surface area contributed by atoms with Crippen molar-refractivity contribution in [1.82, 2.24) is 10.3 Å². The van der Waals surface area contributed by atoms with E-state index in [-0.39, 0.29) is 18.1 Å². The summed E-state index contributed by atoms with van der Waals surface area (Å²) in [4.78, 5) is 16.4. The summed E-state index contributed by atoms with van der Waals surface area (Å²) in [5.41, 5.74) is 0.866. The van der Waals surface area contributed by atoms with Crippen LogP contribution in [0.2, 0.25) is 0 Å². The molecule has 1 aromatic heterocycles. The molecule has 106 valence electrons. The molecule has 1 aliphatic rings. The molecule has 1 aliphatic heterocycles. The van der Waals surface area contributed by atoms with Crippen LogP contribution >= 0.6 is 11.3 Å². The van der Waals surface area contributed by atoms with Crippen molar-refractivity contribution in [1.29, 1.82) is 0 Å². The Bertz CT molecular complexity index is 425. The fourth-order valence-corrected chi connectivity index (χ4v) is 3.06. The molecule has 0 spiro atoms. The lowest BCUT2D eigenvalue weighted by Crippen LogP contribution is -2.41. The van der Waals surface area contributed by atoms with Gasteiger partial charge >= 0.3 is 0 Å². The van der Waals surface area contributed by atoms with Crippen molar-refractivity contribution in [3.05, 3.63) is 16.1 Å².